The minimum Gasteiger partial charge on any atom is -0.384 e. The first-order chi connectivity index (χ1) is 12.6. The number of hydrogen-bond acceptors (Lipinski definition) is 3. The first kappa shape index (κ1) is 17.9. The average molecular weight is 363 g/mol. The summed E-state index contributed by atoms with van der Waals surface area (Å²) in [5, 5.41) is 0. The van der Waals surface area contributed by atoms with Crippen LogP contribution in [0.3, 0.4) is 0 Å². The summed E-state index contributed by atoms with van der Waals surface area (Å²) in [7, 11) is 1.88. The van der Waals surface area contributed by atoms with Gasteiger partial charge in [-0.25, -0.2) is 0 Å². The molecule has 5 fully saturated rings. The summed E-state index contributed by atoms with van der Waals surface area (Å²) in [6, 6.07) is 0. The van der Waals surface area contributed by atoms with Crippen molar-refractivity contribution in [3.8, 4) is 0 Å². The van der Waals surface area contributed by atoms with Gasteiger partial charge in [-0.15, -0.1) is 0 Å². The topological polar surface area (TPSA) is 27.7 Å². The molecule has 26 heavy (non-hydrogen) atoms. The van der Waals surface area contributed by atoms with Gasteiger partial charge in [0, 0.05) is 25.6 Å². The van der Waals surface area contributed by atoms with Crippen molar-refractivity contribution in [1.82, 2.24) is 0 Å². The molecule has 1 aliphatic heterocycles. The Kier molecular flexibility index (Phi) is 4.27. The molecule has 0 amide bonds. The van der Waals surface area contributed by atoms with Crippen molar-refractivity contribution in [3.05, 3.63) is 0 Å². The first-order valence-corrected chi connectivity index (χ1v) is 11.3. The maximum Gasteiger partial charge on any atom is 0.174 e. The summed E-state index contributed by atoms with van der Waals surface area (Å²) < 4.78 is 18.6. The van der Waals surface area contributed by atoms with E-state index in [0.717, 1.165) is 49.9 Å². The Bertz CT molecular complexity index is 542. The highest BCUT2D eigenvalue weighted by Crippen LogP contribution is 2.71. The Labute approximate surface area is 159 Å². The van der Waals surface area contributed by atoms with Crippen LogP contribution in [0, 0.1) is 40.4 Å². The zero-order chi connectivity index (χ0) is 18.0. The Balaban J connectivity index is 1.53. The van der Waals surface area contributed by atoms with Crippen molar-refractivity contribution in [3.63, 3.8) is 0 Å². The Morgan fingerprint density at radius 2 is 1.73 bits per heavy atom. The van der Waals surface area contributed by atoms with Gasteiger partial charge in [-0.2, -0.15) is 0 Å². The number of ether oxygens (including phenoxy) is 3. The molecule has 148 valence electrons. The fraction of sp³-hybridized carbons (Fsp3) is 1.00. The Morgan fingerprint density at radius 1 is 0.923 bits per heavy atom. The SMILES string of the molecule is COCC1CC2C(CCC3CCCCC32C)C2CCC3(OCCO3)[C@@]12C. The van der Waals surface area contributed by atoms with Crippen LogP contribution in [0.25, 0.3) is 0 Å². The monoisotopic (exact) mass is 362 g/mol. The zero-order valence-corrected chi connectivity index (χ0v) is 17.1. The molecule has 0 bridgehead atoms. The standard InChI is InChI=1S/C23H38O3/c1-21-10-5-4-6-16(21)7-8-18-19-9-11-23(25-12-13-26-23)22(19,2)17(15-24-3)14-20(18)21/h16-20H,4-15H2,1-3H3/t16?,17?,18?,19?,20?,21?,22-/m0/s1. The van der Waals surface area contributed by atoms with Gasteiger partial charge < -0.3 is 14.2 Å². The highest BCUT2D eigenvalue weighted by molar-refractivity contribution is 5.15. The van der Waals surface area contributed by atoms with Gasteiger partial charge in [0.25, 0.3) is 0 Å². The van der Waals surface area contributed by atoms with E-state index < -0.39 is 0 Å². The van der Waals surface area contributed by atoms with E-state index in [2.05, 4.69) is 13.8 Å². The molecule has 0 aromatic heterocycles. The molecule has 3 nitrogen and oxygen atoms in total. The van der Waals surface area contributed by atoms with Gasteiger partial charge in [-0.1, -0.05) is 26.7 Å². The molecule has 6 unspecified atom stereocenters. The molecule has 0 aromatic carbocycles. The van der Waals surface area contributed by atoms with E-state index in [1.807, 2.05) is 7.11 Å². The van der Waals surface area contributed by atoms with Crippen molar-refractivity contribution in [2.75, 3.05) is 26.9 Å². The molecule has 3 heteroatoms. The first-order valence-electron chi connectivity index (χ1n) is 11.3. The largest absolute Gasteiger partial charge is 0.384 e. The van der Waals surface area contributed by atoms with Crippen LogP contribution in [0.4, 0.5) is 0 Å². The Hall–Kier alpha value is -0.120. The van der Waals surface area contributed by atoms with Crippen LogP contribution in [0.1, 0.15) is 71.6 Å². The Morgan fingerprint density at radius 3 is 2.50 bits per heavy atom. The van der Waals surface area contributed by atoms with Crippen LogP contribution in [0.5, 0.6) is 0 Å². The number of rotatable bonds is 2. The maximum absolute atomic E-state index is 6.38. The predicted octanol–water partition coefficient (Wildman–Crippen LogP) is 5.03. The lowest BCUT2D eigenvalue weighted by molar-refractivity contribution is -0.271. The second kappa shape index (κ2) is 6.19. The van der Waals surface area contributed by atoms with Crippen molar-refractivity contribution >= 4 is 0 Å². The van der Waals surface area contributed by atoms with Crippen LogP contribution in [-0.2, 0) is 14.2 Å². The smallest absolute Gasteiger partial charge is 0.174 e. The van der Waals surface area contributed by atoms with E-state index in [-0.39, 0.29) is 11.2 Å². The number of fused-ring (bicyclic) bond motifs is 6. The van der Waals surface area contributed by atoms with Gasteiger partial charge in [-0.3, -0.25) is 0 Å². The second-order valence-electron chi connectivity index (χ2n) is 10.6. The lowest BCUT2D eigenvalue weighted by atomic mass is 9.43. The highest BCUT2D eigenvalue weighted by atomic mass is 16.7. The summed E-state index contributed by atoms with van der Waals surface area (Å²) in [5.74, 6) is 3.72. The molecule has 7 atom stereocenters. The molecule has 0 radical (unpaired) electrons. The maximum atomic E-state index is 6.38. The predicted molar refractivity (Wildman–Crippen MR) is 102 cm³/mol. The van der Waals surface area contributed by atoms with Crippen molar-refractivity contribution < 1.29 is 14.2 Å². The van der Waals surface area contributed by atoms with E-state index in [9.17, 15) is 0 Å². The van der Waals surface area contributed by atoms with Gasteiger partial charge in [0.15, 0.2) is 5.79 Å². The second-order valence-corrected chi connectivity index (χ2v) is 10.6. The van der Waals surface area contributed by atoms with Crippen LogP contribution in [0.2, 0.25) is 0 Å². The molecule has 5 aliphatic rings. The summed E-state index contributed by atoms with van der Waals surface area (Å²) in [5.41, 5.74) is 0.695. The molecule has 4 aliphatic carbocycles. The average Bonchev–Trinajstić information content (AvgIpc) is 3.23. The van der Waals surface area contributed by atoms with Crippen LogP contribution in [0.15, 0.2) is 0 Å². The van der Waals surface area contributed by atoms with Gasteiger partial charge in [-0.05, 0) is 73.5 Å². The number of methoxy groups -OCH3 is 1. The van der Waals surface area contributed by atoms with Crippen molar-refractivity contribution in [2.45, 2.75) is 77.4 Å². The van der Waals surface area contributed by atoms with E-state index in [0.29, 0.717) is 11.3 Å². The summed E-state index contributed by atoms with van der Waals surface area (Å²) >= 11 is 0. The van der Waals surface area contributed by atoms with E-state index in [1.54, 1.807) is 0 Å². The fourth-order valence-electron chi connectivity index (χ4n) is 8.78. The van der Waals surface area contributed by atoms with E-state index >= 15 is 0 Å². The van der Waals surface area contributed by atoms with Crippen LogP contribution < -0.4 is 0 Å². The highest BCUT2D eigenvalue weighted by Gasteiger charge is 2.70. The van der Waals surface area contributed by atoms with Gasteiger partial charge in [0.1, 0.15) is 0 Å². The lowest BCUT2D eigenvalue weighted by Crippen LogP contribution is -2.61. The molecule has 0 aromatic rings. The summed E-state index contributed by atoms with van der Waals surface area (Å²) in [6.07, 6.45) is 12.5. The third-order valence-corrected chi connectivity index (χ3v) is 10.1. The van der Waals surface area contributed by atoms with E-state index in [4.69, 9.17) is 14.2 Å². The fourth-order valence-corrected chi connectivity index (χ4v) is 8.78. The lowest BCUT2D eigenvalue weighted by Gasteiger charge is -2.63. The van der Waals surface area contributed by atoms with Gasteiger partial charge in [0.05, 0.1) is 13.2 Å². The number of hydrogen-bond donors (Lipinski definition) is 0. The summed E-state index contributed by atoms with van der Waals surface area (Å²) in [4.78, 5) is 0. The van der Waals surface area contributed by atoms with Crippen molar-refractivity contribution in [2.24, 2.45) is 40.4 Å². The molecule has 0 N–H and O–H groups in total. The molecule has 1 saturated heterocycles. The normalized spacial score (nSPS) is 52.5. The van der Waals surface area contributed by atoms with Crippen LogP contribution >= 0.6 is 0 Å². The molecule has 1 spiro atoms. The summed E-state index contributed by atoms with van der Waals surface area (Å²) in [6.45, 7) is 7.58. The van der Waals surface area contributed by atoms with Gasteiger partial charge >= 0.3 is 0 Å². The molecule has 1 heterocycles. The van der Waals surface area contributed by atoms with Crippen molar-refractivity contribution in [1.29, 1.82) is 0 Å². The minimum absolute atomic E-state index is 0.124. The molecular weight excluding hydrogens is 324 g/mol. The third kappa shape index (κ3) is 2.17. The quantitative estimate of drug-likeness (QED) is 0.689. The molecule has 5 rings (SSSR count). The third-order valence-electron chi connectivity index (χ3n) is 10.1. The van der Waals surface area contributed by atoms with Crippen LogP contribution in [-0.4, -0.2) is 32.7 Å². The molecule has 4 saturated carbocycles. The van der Waals surface area contributed by atoms with E-state index in [1.165, 1.54) is 51.4 Å². The zero-order valence-electron chi connectivity index (χ0n) is 17.1. The minimum atomic E-state index is -0.323. The van der Waals surface area contributed by atoms with Gasteiger partial charge in [0.2, 0.25) is 0 Å². The molecular formula is C23H38O3.